The number of pyridine rings is 1. The van der Waals surface area contributed by atoms with Crippen LogP contribution in [0.1, 0.15) is 12.6 Å². The van der Waals surface area contributed by atoms with Gasteiger partial charge < -0.3 is 10.1 Å². The lowest BCUT2D eigenvalue weighted by atomic mass is 10.2. The van der Waals surface area contributed by atoms with Crippen molar-refractivity contribution in [1.29, 1.82) is 0 Å². The molecule has 1 fully saturated rings. The fraction of sp³-hybridized carbons (Fsp3) is 0.538. The minimum atomic E-state index is -0.255. The van der Waals surface area contributed by atoms with Gasteiger partial charge in [0.25, 0.3) is 0 Å². The average Bonchev–Trinajstić information content (AvgIpc) is 2.39. The number of likely N-dealkylation sites (N-methyl/N-ethyl adjacent to an activating group) is 1. The molecule has 2 heterocycles. The first-order valence-electron chi connectivity index (χ1n) is 6.40. The largest absolute Gasteiger partial charge is 0.378 e. The maximum Gasteiger partial charge on any atom is 0.239 e. The molecule has 1 aromatic rings. The van der Waals surface area contributed by atoms with Gasteiger partial charge in [-0.2, -0.15) is 0 Å². The normalized spacial score (nSPS) is 20.2. The van der Waals surface area contributed by atoms with Crippen LogP contribution in [-0.2, 0) is 16.1 Å². The van der Waals surface area contributed by atoms with Gasteiger partial charge in [-0.1, -0.05) is 11.6 Å². The first-order chi connectivity index (χ1) is 9.20. The van der Waals surface area contributed by atoms with Gasteiger partial charge in [-0.25, -0.2) is 0 Å². The van der Waals surface area contributed by atoms with E-state index in [1.807, 2.05) is 13.0 Å². The summed E-state index contributed by atoms with van der Waals surface area (Å²) in [7, 11) is 0. The Labute approximate surface area is 117 Å². The summed E-state index contributed by atoms with van der Waals surface area (Å²) in [5.41, 5.74) is 0.865. The molecule has 0 saturated carbocycles. The van der Waals surface area contributed by atoms with Crippen LogP contribution in [-0.4, -0.2) is 48.1 Å². The van der Waals surface area contributed by atoms with Crippen LogP contribution in [0.3, 0.4) is 0 Å². The summed E-state index contributed by atoms with van der Waals surface area (Å²) >= 11 is 5.95. The Kier molecular flexibility index (Phi) is 5.13. The molecule has 1 aliphatic heterocycles. The van der Waals surface area contributed by atoms with Crippen LogP contribution in [0, 0.1) is 0 Å². The highest BCUT2D eigenvalue weighted by molar-refractivity contribution is 6.30. The van der Waals surface area contributed by atoms with Crippen LogP contribution in [0.25, 0.3) is 0 Å². The summed E-state index contributed by atoms with van der Waals surface area (Å²) in [6, 6.07) is 3.31. The first-order valence-corrected chi connectivity index (χ1v) is 6.78. The van der Waals surface area contributed by atoms with Gasteiger partial charge in [0, 0.05) is 30.9 Å². The van der Waals surface area contributed by atoms with E-state index >= 15 is 0 Å². The van der Waals surface area contributed by atoms with E-state index in [1.165, 1.54) is 0 Å². The van der Waals surface area contributed by atoms with Crippen LogP contribution in [0.4, 0.5) is 0 Å². The van der Waals surface area contributed by atoms with Crippen LogP contribution < -0.4 is 5.32 Å². The van der Waals surface area contributed by atoms with E-state index in [4.69, 9.17) is 16.3 Å². The van der Waals surface area contributed by atoms with Gasteiger partial charge in [0.05, 0.1) is 18.9 Å². The van der Waals surface area contributed by atoms with E-state index in [-0.39, 0.29) is 11.9 Å². The smallest absolute Gasteiger partial charge is 0.239 e. The van der Waals surface area contributed by atoms with Crippen LogP contribution in [0.5, 0.6) is 0 Å². The maximum absolute atomic E-state index is 12.0. The number of nitrogens with zero attached hydrogens (tertiary/aromatic N) is 2. The molecular weight excluding hydrogens is 266 g/mol. The van der Waals surface area contributed by atoms with E-state index in [0.717, 1.165) is 12.2 Å². The molecule has 19 heavy (non-hydrogen) atoms. The lowest BCUT2D eigenvalue weighted by Gasteiger charge is -2.34. The van der Waals surface area contributed by atoms with E-state index in [0.29, 0.717) is 31.3 Å². The van der Waals surface area contributed by atoms with Crippen molar-refractivity contribution in [3.63, 3.8) is 0 Å². The van der Waals surface area contributed by atoms with Crippen molar-refractivity contribution in [2.75, 3.05) is 26.3 Å². The van der Waals surface area contributed by atoms with E-state index in [1.54, 1.807) is 12.3 Å². The second kappa shape index (κ2) is 6.84. The number of carbonyl (C=O) groups excluding carboxylic acids is 1. The van der Waals surface area contributed by atoms with Gasteiger partial charge in [-0.15, -0.1) is 0 Å². The number of hydrogen-bond donors (Lipinski definition) is 1. The molecule has 6 heteroatoms. The molecule has 1 aromatic heterocycles. The standard InChI is InChI=1S/C13H18ClN3O2/c1-2-15-13(18)12-9-19-6-5-17(12)8-11-7-10(14)3-4-16-11/h3-4,7,12H,2,5-6,8-9H2,1H3,(H,15,18). The topological polar surface area (TPSA) is 54.5 Å². The van der Waals surface area contributed by atoms with Crippen molar-refractivity contribution in [2.24, 2.45) is 0 Å². The Morgan fingerprint density at radius 3 is 3.26 bits per heavy atom. The third-order valence-electron chi connectivity index (χ3n) is 3.04. The second-order valence-electron chi connectivity index (χ2n) is 4.42. The Morgan fingerprint density at radius 1 is 1.68 bits per heavy atom. The van der Waals surface area contributed by atoms with Crippen LogP contribution in [0.15, 0.2) is 18.3 Å². The van der Waals surface area contributed by atoms with Gasteiger partial charge in [-0.05, 0) is 19.1 Å². The lowest BCUT2D eigenvalue weighted by molar-refractivity contribution is -0.132. The number of amides is 1. The molecule has 5 nitrogen and oxygen atoms in total. The molecular formula is C13H18ClN3O2. The van der Waals surface area contributed by atoms with E-state index in [9.17, 15) is 4.79 Å². The fourth-order valence-corrected chi connectivity index (χ4v) is 2.29. The quantitative estimate of drug-likeness (QED) is 0.898. The molecule has 1 amide bonds. The third-order valence-corrected chi connectivity index (χ3v) is 3.27. The van der Waals surface area contributed by atoms with Crippen molar-refractivity contribution in [3.8, 4) is 0 Å². The van der Waals surface area contributed by atoms with Crippen molar-refractivity contribution in [2.45, 2.75) is 19.5 Å². The SMILES string of the molecule is CCNC(=O)C1COCCN1Cc1cc(Cl)ccn1. The molecule has 1 aliphatic rings. The van der Waals surface area contributed by atoms with Crippen molar-refractivity contribution in [3.05, 3.63) is 29.0 Å². The molecule has 1 N–H and O–H groups in total. The number of carbonyl (C=O) groups is 1. The van der Waals surface area contributed by atoms with Crippen LogP contribution >= 0.6 is 11.6 Å². The number of nitrogens with one attached hydrogen (secondary N) is 1. The number of ether oxygens (including phenoxy) is 1. The zero-order valence-corrected chi connectivity index (χ0v) is 11.7. The summed E-state index contributed by atoms with van der Waals surface area (Å²) in [6.07, 6.45) is 1.68. The van der Waals surface area contributed by atoms with Gasteiger partial charge >= 0.3 is 0 Å². The van der Waals surface area contributed by atoms with Crippen LogP contribution in [0.2, 0.25) is 5.02 Å². The number of hydrogen-bond acceptors (Lipinski definition) is 4. The maximum atomic E-state index is 12.0. The summed E-state index contributed by atoms with van der Waals surface area (Å²) in [4.78, 5) is 18.3. The summed E-state index contributed by atoms with van der Waals surface area (Å²) < 4.78 is 5.39. The highest BCUT2D eigenvalue weighted by atomic mass is 35.5. The summed E-state index contributed by atoms with van der Waals surface area (Å²) in [6.45, 7) is 4.91. The Bertz CT molecular complexity index is 442. The summed E-state index contributed by atoms with van der Waals surface area (Å²) in [5, 5.41) is 3.50. The first kappa shape index (κ1) is 14.2. The second-order valence-corrected chi connectivity index (χ2v) is 4.86. The molecule has 1 saturated heterocycles. The molecule has 1 atom stereocenters. The Morgan fingerprint density at radius 2 is 2.53 bits per heavy atom. The molecule has 0 radical (unpaired) electrons. The lowest BCUT2D eigenvalue weighted by Crippen LogP contribution is -2.53. The van der Waals surface area contributed by atoms with Crippen molar-refractivity contribution < 1.29 is 9.53 Å². The van der Waals surface area contributed by atoms with E-state index in [2.05, 4.69) is 15.2 Å². The highest BCUT2D eigenvalue weighted by Crippen LogP contribution is 2.14. The molecule has 0 aliphatic carbocycles. The molecule has 1 unspecified atom stereocenters. The molecule has 0 bridgehead atoms. The molecule has 104 valence electrons. The van der Waals surface area contributed by atoms with E-state index < -0.39 is 0 Å². The summed E-state index contributed by atoms with van der Waals surface area (Å²) in [5.74, 6) is 0.00391. The molecule has 2 rings (SSSR count). The van der Waals surface area contributed by atoms with Crippen molar-refractivity contribution in [1.82, 2.24) is 15.2 Å². The Hall–Kier alpha value is -1.17. The minimum absolute atomic E-state index is 0.00391. The number of morpholine rings is 1. The predicted octanol–water partition coefficient (Wildman–Crippen LogP) is 1.07. The number of halogens is 1. The number of aromatic nitrogens is 1. The number of rotatable bonds is 4. The van der Waals surface area contributed by atoms with Gasteiger partial charge in [0.2, 0.25) is 5.91 Å². The van der Waals surface area contributed by atoms with Crippen molar-refractivity contribution >= 4 is 17.5 Å². The zero-order valence-electron chi connectivity index (χ0n) is 10.9. The molecule has 0 aromatic carbocycles. The average molecular weight is 284 g/mol. The zero-order chi connectivity index (χ0) is 13.7. The van der Waals surface area contributed by atoms with Gasteiger partial charge in [0.1, 0.15) is 6.04 Å². The Balaban J connectivity index is 2.05. The minimum Gasteiger partial charge on any atom is -0.378 e. The van der Waals surface area contributed by atoms with Gasteiger partial charge in [-0.3, -0.25) is 14.7 Å². The third kappa shape index (κ3) is 3.89. The highest BCUT2D eigenvalue weighted by Gasteiger charge is 2.29. The monoisotopic (exact) mass is 283 g/mol. The fourth-order valence-electron chi connectivity index (χ4n) is 2.10. The predicted molar refractivity (Wildman–Crippen MR) is 72.9 cm³/mol. The molecule has 0 spiro atoms. The van der Waals surface area contributed by atoms with Gasteiger partial charge in [0.15, 0.2) is 0 Å².